The molecule has 1 saturated heterocycles. The SMILES string of the molecule is C1=CC(=C2[N-]C(c3ccccc3)C(c3ccccc3)O2)C=C1. The molecule has 2 aliphatic rings. The van der Waals surface area contributed by atoms with Gasteiger partial charge in [0.2, 0.25) is 0 Å². The summed E-state index contributed by atoms with van der Waals surface area (Å²) in [5.41, 5.74) is 3.37. The average Bonchev–Trinajstić information content (AvgIpc) is 3.26. The summed E-state index contributed by atoms with van der Waals surface area (Å²) >= 11 is 0. The molecule has 108 valence electrons. The van der Waals surface area contributed by atoms with Crippen molar-refractivity contribution in [3.8, 4) is 0 Å². The third-order valence-corrected chi connectivity index (χ3v) is 3.96. The lowest BCUT2D eigenvalue weighted by Crippen LogP contribution is -2.05. The van der Waals surface area contributed by atoms with E-state index in [1.807, 2.05) is 60.7 Å². The highest BCUT2D eigenvalue weighted by Crippen LogP contribution is 2.49. The summed E-state index contributed by atoms with van der Waals surface area (Å²) in [5.74, 6) is 0.729. The summed E-state index contributed by atoms with van der Waals surface area (Å²) in [4.78, 5) is 0. The zero-order chi connectivity index (χ0) is 14.8. The fourth-order valence-corrected chi connectivity index (χ4v) is 2.86. The fraction of sp³-hybridized carbons (Fsp3) is 0.100. The highest BCUT2D eigenvalue weighted by molar-refractivity contribution is 5.48. The Morgan fingerprint density at radius 1 is 0.727 bits per heavy atom. The van der Waals surface area contributed by atoms with E-state index in [0.717, 1.165) is 17.0 Å². The van der Waals surface area contributed by atoms with E-state index in [4.69, 9.17) is 10.1 Å². The number of allylic oxidation sites excluding steroid dienone is 5. The van der Waals surface area contributed by atoms with Gasteiger partial charge in [0.1, 0.15) is 6.10 Å². The Labute approximate surface area is 130 Å². The summed E-state index contributed by atoms with van der Waals surface area (Å²) in [6, 6.07) is 20.7. The minimum absolute atomic E-state index is 0.00602. The van der Waals surface area contributed by atoms with E-state index in [0.29, 0.717) is 0 Å². The quantitative estimate of drug-likeness (QED) is 0.743. The smallest absolute Gasteiger partial charge is 0.112 e. The molecule has 2 nitrogen and oxygen atoms in total. The van der Waals surface area contributed by atoms with Gasteiger partial charge >= 0.3 is 0 Å². The molecule has 1 heterocycles. The predicted octanol–water partition coefficient (Wildman–Crippen LogP) is 5.21. The Bertz CT molecular complexity index is 680. The van der Waals surface area contributed by atoms with Gasteiger partial charge in [-0.05, 0) is 17.2 Å². The fourth-order valence-electron chi connectivity index (χ4n) is 2.86. The topological polar surface area (TPSA) is 23.3 Å². The van der Waals surface area contributed by atoms with Crippen LogP contribution >= 0.6 is 0 Å². The van der Waals surface area contributed by atoms with Crippen molar-refractivity contribution in [2.24, 2.45) is 0 Å². The van der Waals surface area contributed by atoms with Gasteiger partial charge in [-0.1, -0.05) is 90.5 Å². The highest BCUT2D eigenvalue weighted by atomic mass is 16.5. The molecule has 0 bridgehead atoms. The van der Waals surface area contributed by atoms with Crippen LogP contribution in [-0.2, 0) is 4.74 Å². The number of rotatable bonds is 2. The van der Waals surface area contributed by atoms with Crippen molar-refractivity contribution in [3.05, 3.63) is 113 Å². The average molecular weight is 286 g/mol. The number of ether oxygens (including phenoxy) is 1. The third-order valence-electron chi connectivity index (χ3n) is 3.96. The molecule has 0 aromatic heterocycles. The normalized spacial score (nSPS) is 22.7. The number of benzene rings is 2. The monoisotopic (exact) mass is 286 g/mol. The Morgan fingerprint density at radius 2 is 1.32 bits per heavy atom. The van der Waals surface area contributed by atoms with Crippen LogP contribution in [0.4, 0.5) is 0 Å². The van der Waals surface area contributed by atoms with Crippen LogP contribution in [-0.4, -0.2) is 0 Å². The molecule has 0 saturated carbocycles. The van der Waals surface area contributed by atoms with Crippen molar-refractivity contribution in [3.63, 3.8) is 0 Å². The lowest BCUT2D eigenvalue weighted by atomic mass is 9.97. The molecule has 2 unspecified atom stereocenters. The summed E-state index contributed by atoms with van der Waals surface area (Å²) in [5, 5.41) is 4.85. The molecule has 0 N–H and O–H groups in total. The van der Waals surface area contributed by atoms with Crippen LogP contribution in [0.25, 0.3) is 5.32 Å². The second-order valence-corrected chi connectivity index (χ2v) is 5.41. The first-order valence-corrected chi connectivity index (χ1v) is 7.48. The third kappa shape index (κ3) is 2.33. The van der Waals surface area contributed by atoms with E-state index < -0.39 is 0 Å². The van der Waals surface area contributed by atoms with Gasteiger partial charge in [-0.25, -0.2) is 0 Å². The maximum atomic E-state index is 6.21. The summed E-state index contributed by atoms with van der Waals surface area (Å²) in [6.07, 6.45) is 8.01. The minimum Gasteiger partial charge on any atom is -0.644 e. The first-order chi connectivity index (χ1) is 10.9. The van der Waals surface area contributed by atoms with Crippen molar-refractivity contribution in [1.82, 2.24) is 0 Å². The zero-order valence-electron chi connectivity index (χ0n) is 12.1. The van der Waals surface area contributed by atoms with E-state index in [1.165, 1.54) is 5.56 Å². The van der Waals surface area contributed by atoms with Gasteiger partial charge in [-0.15, -0.1) is 0 Å². The Kier molecular flexibility index (Phi) is 3.28. The van der Waals surface area contributed by atoms with Gasteiger partial charge in [0, 0.05) is 5.88 Å². The molecule has 0 amide bonds. The maximum absolute atomic E-state index is 6.21. The maximum Gasteiger partial charge on any atom is 0.112 e. The lowest BCUT2D eigenvalue weighted by Gasteiger charge is -2.26. The molecule has 4 rings (SSSR count). The Morgan fingerprint density at radius 3 is 1.95 bits per heavy atom. The van der Waals surface area contributed by atoms with Gasteiger partial charge in [-0.3, -0.25) is 0 Å². The number of hydrogen-bond acceptors (Lipinski definition) is 1. The van der Waals surface area contributed by atoms with Crippen LogP contribution in [0.3, 0.4) is 0 Å². The minimum atomic E-state index is -0.0755. The van der Waals surface area contributed by atoms with E-state index in [-0.39, 0.29) is 12.1 Å². The van der Waals surface area contributed by atoms with E-state index in [2.05, 4.69) is 24.3 Å². The van der Waals surface area contributed by atoms with Gasteiger partial charge in [0.25, 0.3) is 0 Å². The van der Waals surface area contributed by atoms with Crippen LogP contribution in [0, 0.1) is 0 Å². The van der Waals surface area contributed by atoms with Crippen molar-refractivity contribution in [2.45, 2.75) is 12.1 Å². The first kappa shape index (κ1) is 13.0. The molecule has 2 aromatic rings. The summed E-state index contributed by atoms with van der Waals surface area (Å²) < 4.78 is 6.21. The van der Waals surface area contributed by atoms with Crippen molar-refractivity contribution in [2.75, 3.05) is 0 Å². The Hall–Kier alpha value is -2.74. The van der Waals surface area contributed by atoms with Crippen LogP contribution in [0.5, 0.6) is 0 Å². The zero-order valence-corrected chi connectivity index (χ0v) is 12.1. The van der Waals surface area contributed by atoms with Crippen LogP contribution in [0.15, 0.2) is 96.4 Å². The van der Waals surface area contributed by atoms with Gasteiger partial charge in [-0.2, -0.15) is 0 Å². The molecule has 1 aliphatic heterocycles. The van der Waals surface area contributed by atoms with Gasteiger partial charge < -0.3 is 10.1 Å². The first-order valence-electron chi connectivity index (χ1n) is 7.48. The molecule has 2 atom stereocenters. The highest BCUT2D eigenvalue weighted by Gasteiger charge is 2.26. The van der Waals surface area contributed by atoms with Crippen molar-refractivity contribution < 1.29 is 4.74 Å². The lowest BCUT2D eigenvalue weighted by molar-refractivity contribution is 0.150. The van der Waals surface area contributed by atoms with Crippen molar-refractivity contribution >= 4 is 0 Å². The van der Waals surface area contributed by atoms with E-state index in [9.17, 15) is 0 Å². The van der Waals surface area contributed by atoms with Crippen LogP contribution in [0.1, 0.15) is 23.3 Å². The molecule has 2 aromatic carbocycles. The predicted molar refractivity (Wildman–Crippen MR) is 88.1 cm³/mol. The number of nitrogens with zero attached hydrogens (tertiary/aromatic N) is 1. The van der Waals surface area contributed by atoms with Crippen LogP contribution < -0.4 is 0 Å². The molecular formula is C20H16NO-. The number of hydrogen-bond donors (Lipinski definition) is 0. The van der Waals surface area contributed by atoms with E-state index in [1.54, 1.807) is 0 Å². The Balaban J connectivity index is 1.75. The van der Waals surface area contributed by atoms with Gasteiger partial charge in [0.05, 0.1) is 0 Å². The molecule has 0 spiro atoms. The molecule has 1 aliphatic carbocycles. The van der Waals surface area contributed by atoms with E-state index >= 15 is 0 Å². The standard InChI is InChI=1S/C20H16NO/c1-3-9-15(10-4-1)18-19(16-11-5-2-6-12-16)22-20(21-18)17-13-7-8-14-17/h1-14,18-19H/q-1. The molecular weight excluding hydrogens is 270 g/mol. The second-order valence-electron chi connectivity index (χ2n) is 5.41. The largest absolute Gasteiger partial charge is 0.644 e. The summed E-state index contributed by atoms with van der Waals surface area (Å²) in [6.45, 7) is 0. The summed E-state index contributed by atoms with van der Waals surface area (Å²) in [7, 11) is 0. The molecule has 2 heteroatoms. The van der Waals surface area contributed by atoms with Crippen LogP contribution in [0.2, 0.25) is 0 Å². The molecule has 22 heavy (non-hydrogen) atoms. The molecule has 1 fully saturated rings. The molecule has 0 radical (unpaired) electrons. The van der Waals surface area contributed by atoms with Gasteiger partial charge in [0.15, 0.2) is 0 Å². The second kappa shape index (κ2) is 5.57. The van der Waals surface area contributed by atoms with Crippen molar-refractivity contribution in [1.29, 1.82) is 0 Å².